The Morgan fingerprint density at radius 1 is 1.41 bits per heavy atom. The second-order valence-corrected chi connectivity index (χ2v) is 7.75. The molecule has 4 aromatic heterocycles. The number of carbonyl (C=O) groups excluding carboxylic acids is 1. The maximum atomic E-state index is 13.6. The Labute approximate surface area is 180 Å². The van der Waals surface area contributed by atoms with Gasteiger partial charge >= 0.3 is 0 Å². The first-order chi connectivity index (χ1) is 15.3. The van der Waals surface area contributed by atoms with E-state index >= 15 is 0 Å². The fourth-order valence-corrected chi connectivity index (χ4v) is 4.06. The van der Waals surface area contributed by atoms with Gasteiger partial charge in [0.15, 0.2) is 5.69 Å². The van der Waals surface area contributed by atoms with Crippen LogP contribution in [0.2, 0.25) is 0 Å². The van der Waals surface area contributed by atoms with E-state index in [4.69, 9.17) is 4.42 Å². The van der Waals surface area contributed by atoms with Gasteiger partial charge in [-0.15, -0.1) is 0 Å². The Bertz CT molecular complexity index is 1310. The lowest BCUT2D eigenvalue weighted by Crippen LogP contribution is -2.41. The average molecular weight is 442 g/mol. The molecule has 0 bridgehead atoms. The lowest BCUT2D eigenvalue weighted by atomic mass is 9.99. The van der Waals surface area contributed by atoms with E-state index in [1.165, 1.54) is 18.2 Å². The first kappa shape index (κ1) is 20.3. The minimum absolute atomic E-state index is 0.235. The van der Waals surface area contributed by atoms with Crippen LogP contribution in [0.5, 0.6) is 0 Å². The normalized spacial score (nSPS) is 17.2. The fraction of sp³-hybridized carbons (Fsp3) is 0.333. The molecule has 0 unspecified atom stereocenters. The van der Waals surface area contributed by atoms with Crippen LogP contribution in [0.3, 0.4) is 0 Å². The van der Waals surface area contributed by atoms with Crippen molar-refractivity contribution in [2.24, 2.45) is 0 Å². The number of nitrogens with zero attached hydrogens (tertiary/aromatic N) is 5. The van der Waals surface area contributed by atoms with Gasteiger partial charge in [0.05, 0.1) is 23.2 Å². The van der Waals surface area contributed by atoms with Crippen molar-refractivity contribution in [3.05, 3.63) is 70.7 Å². The predicted molar refractivity (Wildman–Crippen MR) is 107 cm³/mol. The minimum atomic E-state index is -3.03. The largest absolute Gasteiger partial charge is 0.432 e. The highest BCUT2D eigenvalue weighted by Crippen LogP contribution is 2.36. The number of aryl methyl sites for hydroxylation is 1. The van der Waals surface area contributed by atoms with Crippen LogP contribution < -0.4 is 0 Å². The maximum absolute atomic E-state index is 13.6. The van der Waals surface area contributed by atoms with E-state index in [2.05, 4.69) is 20.1 Å². The van der Waals surface area contributed by atoms with E-state index in [1.807, 2.05) is 25.1 Å². The van der Waals surface area contributed by atoms with Crippen LogP contribution in [-0.2, 0) is 6.42 Å². The van der Waals surface area contributed by atoms with Crippen molar-refractivity contribution in [2.45, 2.75) is 38.8 Å². The van der Waals surface area contributed by atoms with Gasteiger partial charge in [0.25, 0.3) is 12.3 Å². The number of aliphatic hydroxyl groups excluding tert-OH is 1. The third-order valence-corrected chi connectivity index (χ3v) is 5.63. The molecule has 1 aliphatic heterocycles. The van der Waals surface area contributed by atoms with Crippen molar-refractivity contribution in [1.29, 1.82) is 0 Å². The van der Waals surface area contributed by atoms with Crippen molar-refractivity contribution in [3.8, 4) is 0 Å². The first-order valence-electron chi connectivity index (χ1n) is 10.1. The summed E-state index contributed by atoms with van der Waals surface area (Å²) < 4.78 is 34.2. The van der Waals surface area contributed by atoms with Crippen LogP contribution >= 0.6 is 0 Å². The van der Waals surface area contributed by atoms with Crippen molar-refractivity contribution in [3.63, 3.8) is 0 Å². The molecule has 9 nitrogen and oxygen atoms in total. The predicted octanol–water partition coefficient (Wildman–Crippen LogP) is 3.13. The van der Waals surface area contributed by atoms with Crippen LogP contribution in [0.15, 0.2) is 35.1 Å². The number of fused-ring (bicyclic) bond motifs is 2. The summed E-state index contributed by atoms with van der Waals surface area (Å²) in [5.74, 6) is -1.67. The Morgan fingerprint density at radius 2 is 2.22 bits per heavy atom. The fourth-order valence-electron chi connectivity index (χ4n) is 4.06. The van der Waals surface area contributed by atoms with Crippen LogP contribution in [-0.4, -0.2) is 47.0 Å². The van der Waals surface area contributed by atoms with Gasteiger partial charge in [-0.2, -0.15) is 5.10 Å². The van der Waals surface area contributed by atoms with Crippen molar-refractivity contribution in [2.75, 3.05) is 6.54 Å². The minimum Gasteiger partial charge on any atom is -0.432 e. The quantitative estimate of drug-likeness (QED) is 0.502. The number of imidazole rings is 1. The molecule has 166 valence electrons. The van der Waals surface area contributed by atoms with Crippen LogP contribution in [0.4, 0.5) is 8.78 Å². The molecule has 0 fully saturated rings. The summed E-state index contributed by atoms with van der Waals surface area (Å²) in [5, 5.41) is 14.3. The molecule has 1 aliphatic rings. The lowest BCUT2D eigenvalue weighted by molar-refractivity contribution is 0.0631. The van der Waals surface area contributed by atoms with Gasteiger partial charge in [0.2, 0.25) is 11.7 Å². The average Bonchev–Trinajstić information content (AvgIpc) is 3.49. The number of aliphatic hydroxyl groups is 1. The van der Waals surface area contributed by atoms with E-state index in [1.54, 1.807) is 10.7 Å². The number of hydrogen-bond acceptors (Lipinski definition) is 6. The molecular weight excluding hydrogens is 422 g/mol. The number of oxazole rings is 1. The molecule has 0 saturated heterocycles. The third kappa shape index (κ3) is 3.16. The molecule has 5 rings (SSSR count). The third-order valence-electron chi connectivity index (χ3n) is 5.63. The molecular formula is C21H20F2N6O3. The molecule has 0 spiro atoms. The Balaban J connectivity index is 1.63. The number of nitrogens with one attached hydrogen (secondary N) is 1. The number of carbonyl (C=O) groups is 1. The number of hydrogen-bond donors (Lipinski definition) is 2. The number of rotatable bonds is 4. The zero-order valence-corrected chi connectivity index (χ0v) is 17.3. The summed E-state index contributed by atoms with van der Waals surface area (Å²) in [5.41, 5.74) is 3.07. The highest BCUT2D eigenvalue weighted by molar-refractivity contribution is 5.93. The second-order valence-electron chi connectivity index (χ2n) is 7.75. The summed E-state index contributed by atoms with van der Waals surface area (Å²) in [7, 11) is 0. The molecule has 2 N–H and O–H groups in total. The lowest BCUT2D eigenvalue weighted by Gasteiger charge is -2.33. The second kappa shape index (κ2) is 7.52. The van der Waals surface area contributed by atoms with Gasteiger partial charge in [0, 0.05) is 24.9 Å². The number of H-pyrrole nitrogens is 1. The van der Waals surface area contributed by atoms with Crippen molar-refractivity contribution >= 4 is 11.4 Å². The molecule has 0 aliphatic carbocycles. The van der Waals surface area contributed by atoms with Gasteiger partial charge in [0.1, 0.15) is 12.1 Å². The smallest absolute Gasteiger partial charge is 0.292 e. The highest BCUT2D eigenvalue weighted by Gasteiger charge is 2.40. The Hall–Kier alpha value is -3.60. The van der Waals surface area contributed by atoms with Gasteiger partial charge in [-0.3, -0.25) is 4.79 Å². The molecule has 11 heteroatoms. The van der Waals surface area contributed by atoms with E-state index in [9.17, 15) is 18.7 Å². The summed E-state index contributed by atoms with van der Waals surface area (Å²) >= 11 is 0. The first-order valence-corrected chi connectivity index (χ1v) is 10.1. The Morgan fingerprint density at radius 3 is 2.94 bits per heavy atom. The molecule has 0 saturated carbocycles. The standard InChI is InChI=1S/C21H20F2N6O3/c1-10-4-3-6-29-14(10)8-13(27-29)17-15-12(24-9-25-15)5-7-28(17)21(31)18-16(19(22)23)26-20(32-18)11(2)30/h3-4,6,8-9,11,17,19,30H,5,7H2,1-2H3,(H,24,25)/t11-,17+/m1/s1. The SMILES string of the molecule is Cc1cccn2nc([C@H]3c4nc[nH]c4CCN3C(=O)c3oc([C@@H](C)O)nc3C(F)F)cc12. The molecule has 4 aromatic rings. The molecule has 2 atom stereocenters. The maximum Gasteiger partial charge on any atom is 0.292 e. The number of alkyl halides is 2. The number of pyridine rings is 1. The van der Waals surface area contributed by atoms with E-state index in [0.29, 0.717) is 17.8 Å². The van der Waals surface area contributed by atoms with Gasteiger partial charge in [-0.25, -0.2) is 23.3 Å². The number of aromatic amines is 1. The van der Waals surface area contributed by atoms with Gasteiger partial charge in [-0.05, 0) is 31.5 Å². The molecule has 0 radical (unpaired) electrons. The number of amides is 1. The van der Waals surface area contributed by atoms with Gasteiger partial charge in [-0.1, -0.05) is 6.07 Å². The number of aromatic nitrogens is 5. The van der Waals surface area contributed by atoms with Crippen LogP contribution in [0.1, 0.15) is 70.3 Å². The van der Waals surface area contributed by atoms with Gasteiger partial charge < -0.3 is 19.4 Å². The molecule has 1 amide bonds. The summed E-state index contributed by atoms with van der Waals surface area (Å²) in [6.45, 7) is 3.51. The molecule has 5 heterocycles. The van der Waals surface area contributed by atoms with Crippen LogP contribution in [0.25, 0.3) is 5.52 Å². The number of halogens is 2. The summed E-state index contributed by atoms with van der Waals surface area (Å²) in [6, 6.07) is 4.97. The van der Waals surface area contributed by atoms with E-state index < -0.39 is 35.9 Å². The zero-order chi connectivity index (χ0) is 22.6. The van der Waals surface area contributed by atoms with E-state index in [0.717, 1.165) is 16.8 Å². The van der Waals surface area contributed by atoms with Crippen molar-refractivity contribution in [1.82, 2.24) is 29.5 Å². The summed E-state index contributed by atoms with van der Waals surface area (Å²) in [6.07, 6.45) is -0.465. The van der Waals surface area contributed by atoms with Crippen LogP contribution in [0, 0.1) is 6.92 Å². The van der Waals surface area contributed by atoms with Crippen molar-refractivity contribution < 1.29 is 23.1 Å². The topological polar surface area (TPSA) is 113 Å². The monoisotopic (exact) mass is 442 g/mol. The zero-order valence-electron chi connectivity index (χ0n) is 17.3. The Kier molecular flexibility index (Phi) is 4.77. The molecule has 0 aromatic carbocycles. The van der Waals surface area contributed by atoms with E-state index in [-0.39, 0.29) is 12.4 Å². The summed E-state index contributed by atoms with van der Waals surface area (Å²) in [4.78, 5) is 26.0. The highest BCUT2D eigenvalue weighted by atomic mass is 19.3. The molecule has 32 heavy (non-hydrogen) atoms.